The van der Waals surface area contributed by atoms with Crippen LogP contribution in [0, 0.1) is 0 Å². The van der Waals surface area contributed by atoms with Crippen molar-refractivity contribution in [2.75, 3.05) is 0 Å². The molecule has 2 aromatic carbocycles. The summed E-state index contributed by atoms with van der Waals surface area (Å²) in [4.78, 5) is 37.9. The molecule has 0 aliphatic rings. The van der Waals surface area contributed by atoms with Gasteiger partial charge in [0.15, 0.2) is 6.10 Å². The molecule has 26 heavy (non-hydrogen) atoms. The first-order chi connectivity index (χ1) is 12.5. The highest BCUT2D eigenvalue weighted by atomic mass is 16.5. The number of aromatic nitrogens is 1. The van der Waals surface area contributed by atoms with Crippen LogP contribution in [0.15, 0.2) is 65.6 Å². The molecule has 3 rings (SSSR count). The van der Waals surface area contributed by atoms with Crippen LogP contribution in [0.1, 0.15) is 17.3 Å². The lowest BCUT2D eigenvalue weighted by Gasteiger charge is -2.15. The van der Waals surface area contributed by atoms with E-state index in [1.165, 1.54) is 18.3 Å². The number of carbonyl (C=O) groups is 2. The first-order valence-corrected chi connectivity index (χ1v) is 7.98. The number of fused-ring (bicyclic) bond motifs is 1. The molecule has 7 nitrogen and oxygen atoms in total. The van der Waals surface area contributed by atoms with E-state index in [-0.39, 0.29) is 5.56 Å². The monoisotopic (exact) mass is 351 g/mol. The van der Waals surface area contributed by atoms with Crippen LogP contribution in [0.2, 0.25) is 0 Å². The van der Waals surface area contributed by atoms with Gasteiger partial charge >= 0.3 is 0 Å². The number of ether oxygens (including phenoxy) is 1. The van der Waals surface area contributed by atoms with Gasteiger partial charge in [-0.1, -0.05) is 30.3 Å². The average Bonchev–Trinajstić information content (AvgIpc) is 2.66. The molecule has 3 aromatic rings. The third-order valence-electron chi connectivity index (χ3n) is 3.77. The minimum Gasteiger partial charge on any atom is -0.481 e. The number of benzene rings is 2. The predicted octanol–water partition coefficient (Wildman–Crippen LogP) is 1.76. The van der Waals surface area contributed by atoms with E-state index in [9.17, 15) is 14.4 Å². The number of hydrazine groups is 1. The van der Waals surface area contributed by atoms with Gasteiger partial charge in [0.25, 0.3) is 17.4 Å². The Labute approximate surface area is 149 Å². The van der Waals surface area contributed by atoms with Crippen LogP contribution in [-0.4, -0.2) is 22.9 Å². The second-order valence-electron chi connectivity index (χ2n) is 5.63. The number of H-pyrrole nitrogens is 1. The second kappa shape index (κ2) is 7.52. The number of nitrogens with one attached hydrogen (secondary N) is 3. The standard InChI is InChI=1S/C19H17N3O4/c1-12(26-15-9-8-13-5-2-3-6-14(13)11-15)17(23)21-22-19(25)16-7-4-10-20-18(16)24/h2-12H,1H3,(H,20,24)(H,21,23)(H,22,25). The molecule has 0 bridgehead atoms. The van der Waals surface area contributed by atoms with E-state index in [0.717, 1.165) is 10.8 Å². The SMILES string of the molecule is CC(Oc1ccc2ccccc2c1)C(=O)NNC(=O)c1ccc[nH]c1=O. The van der Waals surface area contributed by atoms with Gasteiger partial charge in [-0.2, -0.15) is 0 Å². The average molecular weight is 351 g/mol. The lowest BCUT2D eigenvalue weighted by Crippen LogP contribution is -2.48. The number of aromatic amines is 1. The highest BCUT2D eigenvalue weighted by Crippen LogP contribution is 2.21. The molecule has 1 heterocycles. The van der Waals surface area contributed by atoms with Crippen molar-refractivity contribution >= 4 is 22.6 Å². The number of hydrogen-bond donors (Lipinski definition) is 3. The molecule has 0 saturated carbocycles. The molecular formula is C19H17N3O4. The summed E-state index contributed by atoms with van der Waals surface area (Å²) in [6.07, 6.45) is 0.572. The number of hydrogen-bond acceptors (Lipinski definition) is 4. The highest BCUT2D eigenvalue weighted by molar-refractivity contribution is 5.95. The van der Waals surface area contributed by atoms with Crippen molar-refractivity contribution in [2.24, 2.45) is 0 Å². The zero-order valence-corrected chi connectivity index (χ0v) is 14.0. The summed E-state index contributed by atoms with van der Waals surface area (Å²) >= 11 is 0. The topological polar surface area (TPSA) is 100 Å². The van der Waals surface area contributed by atoms with Gasteiger partial charge in [-0.15, -0.1) is 0 Å². The Hall–Kier alpha value is -3.61. The minimum absolute atomic E-state index is 0.101. The summed E-state index contributed by atoms with van der Waals surface area (Å²) in [6.45, 7) is 1.56. The largest absolute Gasteiger partial charge is 0.481 e. The molecule has 1 unspecified atom stereocenters. The van der Waals surface area contributed by atoms with Crippen molar-refractivity contribution in [3.63, 3.8) is 0 Å². The van der Waals surface area contributed by atoms with Gasteiger partial charge in [-0.05, 0) is 42.0 Å². The molecule has 0 spiro atoms. The molecular weight excluding hydrogens is 334 g/mol. The fourth-order valence-corrected chi connectivity index (χ4v) is 2.39. The number of carbonyl (C=O) groups excluding carboxylic acids is 2. The maximum absolute atomic E-state index is 12.1. The van der Waals surface area contributed by atoms with E-state index in [0.29, 0.717) is 5.75 Å². The summed E-state index contributed by atoms with van der Waals surface area (Å²) in [5, 5.41) is 2.06. The first kappa shape index (κ1) is 17.2. The molecule has 0 saturated heterocycles. The van der Waals surface area contributed by atoms with Gasteiger partial charge in [0.1, 0.15) is 11.3 Å². The van der Waals surface area contributed by atoms with E-state index in [1.807, 2.05) is 36.4 Å². The van der Waals surface area contributed by atoms with Crippen LogP contribution in [0.4, 0.5) is 0 Å². The molecule has 1 aromatic heterocycles. The van der Waals surface area contributed by atoms with Gasteiger partial charge in [0.2, 0.25) is 0 Å². The summed E-state index contributed by atoms with van der Waals surface area (Å²) in [5.41, 5.74) is 3.80. The minimum atomic E-state index is -0.842. The van der Waals surface area contributed by atoms with Crippen LogP contribution >= 0.6 is 0 Å². The Morgan fingerprint density at radius 1 is 1.00 bits per heavy atom. The van der Waals surface area contributed by atoms with Crippen molar-refractivity contribution in [3.8, 4) is 5.75 Å². The number of rotatable bonds is 4. The Morgan fingerprint density at radius 3 is 2.54 bits per heavy atom. The first-order valence-electron chi connectivity index (χ1n) is 7.98. The van der Waals surface area contributed by atoms with Crippen LogP contribution in [0.25, 0.3) is 10.8 Å². The molecule has 0 radical (unpaired) electrons. The maximum Gasteiger partial charge on any atom is 0.279 e. The maximum atomic E-state index is 12.1. The zero-order valence-electron chi connectivity index (χ0n) is 14.0. The predicted molar refractivity (Wildman–Crippen MR) is 96.7 cm³/mol. The van der Waals surface area contributed by atoms with Gasteiger partial charge < -0.3 is 9.72 Å². The van der Waals surface area contributed by atoms with E-state index in [1.54, 1.807) is 13.0 Å². The Morgan fingerprint density at radius 2 is 1.77 bits per heavy atom. The molecule has 2 amide bonds. The van der Waals surface area contributed by atoms with Crippen molar-refractivity contribution in [1.29, 1.82) is 0 Å². The number of pyridine rings is 1. The van der Waals surface area contributed by atoms with Crippen molar-refractivity contribution in [3.05, 3.63) is 76.7 Å². The number of amides is 2. The Kier molecular flexibility index (Phi) is 4.98. The Bertz CT molecular complexity index is 1010. The molecule has 0 aliphatic heterocycles. The molecule has 3 N–H and O–H groups in total. The van der Waals surface area contributed by atoms with Gasteiger partial charge in [-0.3, -0.25) is 25.2 Å². The quantitative estimate of drug-likeness (QED) is 0.624. The fourth-order valence-electron chi connectivity index (χ4n) is 2.39. The molecule has 0 aliphatic carbocycles. The van der Waals surface area contributed by atoms with Crippen LogP contribution in [-0.2, 0) is 4.79 Å². The smallest absolute Gasteiger partial charge is 0.279 e. The molecule has 132 valence electrons. The molecule has 0 fully saturated rings. The van der Waals surface area contributed by atoms with Crippen LogP contribution < -0.4 is 21.1 Å². The van der Waals surface area contributed by atoms with Crippen molar-refractivity contribution in [1.82, 2.24) is 15.8 Å². The van der Waals surface area contributed by atoms with Crippen molar-refractivity contribution < 1.29 is 14.3 Å². The lowest BCUT2D eigenvalue weighted by atomic mass is 10.1. The van der Waals surface area contributed by atoms with Gasteiger partial charge in [-0.25, -0.2) is 0 Å². The van der Waals surface area contributed by atoms with E-state index in [2.05, 4.69) is 15.8 Å². The van der Waals surface area contributed by atoms with E-state index >= 15 is 0 Å². The summed E-state index contributed by atoms with van der Waals surface area (Å²) in [6, 6.07) is 16.2. The van der Waals surface area contributed by atoms with E-state index < -0.39 is 23.5 Å². The highest BCUT2D eigenvalue weighted by Gasteiger charge is 2.17. The van der Waals surface area contributed by atoms with Gasteiger partial charge in [0, 0.05) is 6.20 Å². The molecule has 7 heteroatoms. The van der Waals surface area contributed by atoms with Crippen molar-refractivity contribution in [2.45, 2.75) is 13.0 Å². The lowest BCUT2D eigenvalue weighted by molar-refractivity contribution is -0.128. The second-order valence-corrected chi connectivity index (χ2v) is 5.63. The summed E-state index contributed by atoms with van der Waals surface area (Å²) in [7, 11) is 0. The summed E-state index contributed by atoms with van der Waals surface area (Å²) < 4.78 is 5.61. The van der Waals surface area contributed by atoms with E-state index in [4.69, 9.17) is 4.74 Å². The third kappa shape index (κ3) is 3.89. The van der Waals surface area contributed by atoms with Gasteiger partial charge in [0.05, 0.1) is 0 Å². The molecule has 1 atom stereocenters. The van der Waals surface area contributed by atoms with Crippen LogP contribution in [0.5, 0.6) is 5.75 Å². The van der Waals surface area contributed by atoms with Crippen LogP contribution in [0.3, 0.4) is 0 Å². The zero-order chi connectivity index (χ0) is 18.5. The summed E-state index contributed by atoms with van der Waals surface area (Å²) in [5.74, 6) is -0.714. The third-order valence-corrected chi connectivity index (χ3v) is 3.77. The fraction of sp³-hybridized carbons (Fsp3) is 0.105. The normalized spacial score (nSPS) is 11.6. The Balaban J connectivity index is 1.59.